The maximum atomic E-state index is 14.4. The van der Waals surface area contributed by atoms with Gasteiger partial charge in [0.25, 0.3) is 5.91 Å². The molecule has 0 spiro atoms. The van der Waals surface area contributed by atoms with Gasteiger partial charge in [0.1, 0.15) is 30.3 Å². The van der Waals surface area contributed by atoms with E-state index in [0.717, 1.165) is 18.4 Å². The number of ether oxygens (including phenoxy) is 2. The maximum absolute atomic E-state index is 14.4. The van der Waals surface area contributed by atoms with E-state index < -0.39 is 83.8 Å². The average Bonchev–Trinajstić information content (AvgIpc) is 3.58. The second kappa shape index (κ2) is 19.2. The van der Waals surface area contributed by atoms with Crippen LogP contribution in [0.2, 0.25) is 0 Å². The van der Waals surface area contributed by atoms with Crippen LogP contribution in [0.4, 0.5) is 0 Å². The van der Waals surface area contributed by atoms with E-state index in [4.69, 9.17) is 9.47 Å². The van der Waals surface area contributed by atoms with E-state index in [9.17, 15) is 28.8 Å². The summed E-state index contributed by atoms with van der Waals surface area (Å²) in [4.78, 5) is 88.9. The Kier molecular flexibility index (Phi) is 15.7. The molecule has 12 heteroatoms. The van der Waals surface area contributed by atoms with Gasteiger partial charge in [-0.2, -0.15) is 0 Å². The number of hydrogen-bond donors (Lipinski definition) is 1. The number of nitrogens with zero attached hydrogens (tertiary/aromatic N) is 3. The summed E-state index contributed by atoms with van der Waals surface area (Å²) in [5, 5.41) is 2.90. The van der Waals surface area contributed by atoms with E-state index in [1.54, 1.807) is 41.7 Å². The quantitative estimate of drug-likeness (QED) is 0.292. The molecule has 1 aromatic carbocycles. The third-order valence-corrected chi connectivity index (χ3v) is 10.5. The molecule has 4 amide bonds. The Morgan fingerprint density at radius 2 is 1.35 bits per heavy atom. The number of likely N-dealkylation sites (N-methyl/N-ethyl adjacent to an activating group) is 2. The topological polar surface area (TPSA) is 143 Å². The molecule has 12 nitrogen and oxygen atoms in total. The molecule has 2 aliphatic rings. The Morgan fingerprint density at radius 3 is 1.90 bits per heavy atom. The summed E-state index contributed by atoms with van der Waals surface area (Å²) >= 11 is 0. The summed E-state index contributed by atoms with van der Waals surface area (Å²) in [6.45, 7) is 14.8. The van der Waals surface area contributed by atoms with Gasteiger partial charge < -0.3 is 29.5 Å². The molecule has 0 aliphatic carbocycles. The number of hydrogen-bond acceptors (Lipinski definition) is 8. The molecule has 2 aliphatic heterocycles. The molecular weight excluding hydrogens is 664 g/mol. The molecule has 2 fully saturated rings. The van der Waals surface area contributed by atoms with Gasteiger partial charge in [-0.25, -0.2) is 9.59 Å². The standard InChI is InChI=1S/C40H62N4O8/c1-11-12-14-21-30-27(8)35(45)41-32(24(2)3)38(48)43(10)34(26(6)7)40(50)52-31(23-28-18-15-13-16-19-28)37(47)44-22-17-20-29(44)36(46)42(9)33(25(4)5)39(49)51-30/h13,15-16,18-19,24-27,29-34H,11-12,14,17,20-23H2,1-10H3,(H,41,45)/t27-,29-,30+,31+,32-,33-,34-/m0/s1. The van der Waals surface area contributed by atoms with Gasteiger partial charge in [-0.15, -0.1) is 0 Å². The first-order valence-electron chi connectivity index (χ1n) is 19.1. The Labute approximate surface area is 310 Å². The Bertz CT molecular complexity index is 1400. The van der Waals surface area contributed by atoms with E-state index >= 15 is 0 Å². The molecule has 1 aromatic rings. The average molecular weight is 727 g/mol. The number of carbonyl (C=O) groups is 6. The molecule has 290 valence electrons. The Hall–Kier alpha value is -3.96. The van der Waals surface area contributed by atoms with Crippen LogP contribution in [0.3, 0.4) is 0 Å². The third kappa shape index (κ3) is 10.3. The van der Waals surface area contributed by atoms with Crippen LogP contribution in [-0.2, 0) is 44.7 Å². The summed E-state index contributed by atoms with van der Waals surface area (Å²) in [7, 11) is 3.05. The molecule has 2 saturated heterocycles. The summed E-state index contributed by atoms with van der Waals surface area (Å²) in [6.07, 6.45) is 1.82. The number of cyclic esters (lactones) is 2. The highest BCUT2D eigenvalue weighted by molar-refractivity contribution is 5.95. The van der Waals surface area contributed by atoms with E-state index in [1.165, 1.54) is 21.7 Å². The lowest BCUT2D eigenvalue weighted by Crippen LogP contribution is -2.57. The van der Waals surface area contributed by atoms with Crippen LogP contribution in [-0.4, -0.2) is 107 Å². The molecule has 1 N–H and O–H groups in total. The van der Waals surface area contributed by atoms with Crippen molar-refractivity contribution in [3.63, 3.8) is 0 Å². The molecule has 7 atom stereocenters. The van der Waals surface area contributed by atoms with Crippen molar-refractivity contribution in [3.05, 3.63) is 35.9 Å². The lowest BCUT2D eigenvalue weighted by Gasteiger charge is -2.36. The zero-order chi connectivity index (χ0) is 38.9. The fourth-order valence-corrected chi connectivity index (χ4v) is 7.37. The van der Waals surface area contributed by atoms with Gasteiger partial charge in [-0.3, -0.25) is 19.2 Å². The minimum absolute atomic E-state index is 0.0596. The predicted molar refractivity (Wildman–Crippen MR) is 198 cm³/mol. The first kappa shape index (κ1) is 42.5. The van der Waals surface area contributed by atoms with Crippen LogP contribution in [0.15, 0.2) is 30.3 Å². The highest BCUT2D eigenvalue weighted by Crippen LogP contribution is 2.27. The van der Waals surface area contributed by atoms with Gasteiger partial charge in [0.15, 0.2) is 6.10 Å². The summed E-state index contributed by atoms with van der Waals surface area (Å²) in [6, 6.07) is 5.22. The lowest BCUT2D eigenvalue weighted by atomic mass is 9.94. The second-order valence-corrected chi connectivity index (χ2v) is 15.6. The molecule has 0 radical (unpaired) electrons. The predicted octanol–water partition coefficient (Wildman–Crippen LogP) is 4.38. The van der Waals surface area contributed by atoms with E-state index in [0.29, 0.717) is 25.7 Å². The molecule has 0 saturated carbocycles. The van der Waals surface area contributed by atoms with E-state index in [-0.39, 0.29) is 24.8 Å². The van der Waals surface area contributed by atoms with Crippen LogP contribution < -0.4 is 5.32 Å². The smallest absolute Gasteiger partial charge is 0.329 e. The molecule has 0 aromatic heterocycles. The van der Waals surface area contributed by atoms with Gasteiger partial charge in [0, 0.05) is 27.1 Å². The highest BCUT2D eigenvalue weighted by atomic mass is 16.6. The molecule has 2 heterocycles. The van der Waals surface area contributed by atoms with Crippen molar-refractivity contribution in [2.45, 2.75) is 137 Å². The van der Waals surface area contributed by atoms with Crippen LogP contribution in [0.1, 0.15) is 99.5 Å². The van der Waals surface area contributed by atoms with Gasteiger partial charge in [-0.1, -0.05) is 98.6 Å². The normalized spacial score (nSPS) is 27.7. The summed E-state index contributed by atoms with van der Waals surface area (Å²) in [5.41, 5.74) is 0.754. The van der Waals surface area contributed by atoms with Gasteiger partial charge in [0.05, 0.1) is 5.92 Å². The Balaban J connectivity index is 2.16. The number of unbranched alkanes of at least 4 members (excludes halogenated alkanes) is 2. The first-order valence-corrected chi connectivity index (χ1v) is 19.1. The van der Waals surface area contributed by atoms with Crippen LogP contribution in [0.25, 0.3) is 0 Å². The van der Waals surface area contributed by atoms with Gasteiger partial charge in [0.2, 0.25) is 17.7 Å². The fraction of sp³-hybridized carbons (Fsp3) is 0.700. The van der Waals surface area contributed by atoms with Crippen LogP contribution >= 0.6 is 0 Å². The molecule has 3 rings (SSSR count). The molecule has 0 unspecified atom stereocenters. The van der Waals surface area contributed by atoms with Crippen molar-refractivity contribution in [3.8, 4) is 0 Å². The zero-order valence-corrected chi connectivity index (χ0v) is 32.9. The lowest BCUT2D eigenvalue weighted by molar-refractivity contribution is -0.169. The van der Waals surface area contributed by atoms with Crippen molar-refractivity contribution >= 4 is 35.6 Å². The molecular formula is C40H62N4O8. The maximum Gasteiger partial charge on any atom is 0.329 e. The number of carbonyl (C=O) groups excluding carboxylic acids is 6. The summed E-state index contributed by atoms with van der Waals surface area (Å²) < 4.78 is 12.2. The monoisotopic (exact) mass is 726 g/mol. The number of nitrogens with one attached hydrogen (secondary N) is 1. The third-order valence-electron chi connectivity index (χ3n) is 10.5. The molecule has 0 bridgehead atoms. The van der Waals surface area contributed by atoms with E-state index in [1.807, 2.05) is 44.2 Å². The van der Waals surface area contributed by atoms with Crippen molar-refractivity contribution < 1.29 is 38.2 Å². The summed E-state index contributed by atoms with van der Waals surface area (Å²) in [5.74, 6) is -5.19. The minimum atomic E-state index is -1.28. The number of fused-ring (bicyclic) bond motifs is 1. The number of rotatable bonds is 9. The van der Waals surface area contributed by atoms with Crippen molar-refractivity contribution in [1.82, 2.24) is 20.0 Å². The van der Waals surface area contributed by atoms with Gasteiger partial charge >= 0.3 is 11.9 Å². The minimum Gasteiger partial charge on any atom is -0.460 e. The van der Waals surface area contributed by atoms with E-state index in [2.05, 4.69) is 12.2 Å². The van der Waals surface area contributed by atoms with Gasteiger partial charge in [-0.05, 0) is 49.0 Å². The van der Waals surface area contributed by atoms with Crippen molar-refractivity contribution in [2.75, 3.05) is 20.6 Å². The first-order chi connectivity index (χ1) is 24.5. The zero-order valence-electron chi connectivity index (χ0n) is 32.9. The SMILES string of the molecule is CCCCC[C@H]1OC(=O)[C@H](C(C)C)N(C)C(=O)[C@@H]2CCCN2C(=O)[C@@H](Cc2ccccc2)OC(=O)[C@H](C(C)C)N(C)C(=O)[C@H](C(C)C)NC(=O)[C@H]1C. The number of amides is 4. The van der Waals surface area contributed by atoms with Crippen LogP contribution in [0, 0.1) is 23.7 Å². The molecule has 52 heavy (non-hydrogen) atoms. The highest BCUT2D eigenvalue weighted by Gasteiger charge is 2.45. The van der Waals surface area contributed by atoms with Crippen LogP contribution in [0.5, 0.6) is 0 Å². The fourth-order valence-electron chi connectivity index (χ4n) is 7.37. The Morgan fingerprint density at radius 1 is 0.769 bits per heavy atom. The number of esters is 2. The second-order valence-electron chi connectivity index (χ2n) is 15.6. The number of benzene rings is 1. The van der Waals surface area contributed by atoms with Crippen molar-refractivity contribution in [2.24, 2.45) is 23.7 Å². The van der Waals surface area contributed by atoms with Crippen molar-refractivity contribution in [1.29, 1.82) is 0 Å². The largest absolute Gasteiger partial charge is 0.460 e.